The summed E-state index contributed by atoms with van der Waals surface area (Å²) in [6, 6.07) is 0. The van der Waals surface area contributed by atoms with E-state index in [9.17, 15) is 27.6 Å². The van der Waals surface area contributed by atoms with Crippen molar-refractivity contribution in [3.05, 3.63) is 25.3 Å². The normalized spacial score (nSPS) is 26.0. The number of rotatable bonds is 10. The number of amides is 1. The molecule has 1 N–H and O–H groups in total. The fourth-order valence-corrected chi connectivity index (χ4v) is 4.69. The lowest BCUT2D eigenvalue weighted by molar-refractivity contribution is -0.163. The fourth-order valence-electron chi connectivity index (χ4n) is 4.15. The van der Waals surface area contributed by atoms with Gasteiger partial charge in [0.1, 0.15) is 11.2 Å². The number of hydrogen-bond acceptors (Lipinski definition) is 9. The van der Waals surface area contributed by atoms with Crippen LogP contribution >= 0.6 is 0 Å². The highest BCUT2D eigenvalue weighted by atomic mass is 32.2. The first-order valence-electron chi connectivity index (χ1n) is 12.5. The van der Waals surface area contributed by atoms with E-state index in [4.69, 9.17) is 14.2 Å². The Morgan fingerprint density at radius 1 is 0.868 bits per heavy atom. The number of allylic oxidation sites excluding steroid dienone is 2. The SMILES string of the molecule is C=CC1CC1(CC(=O)OC(C)(C)C)C(=O)NS(C)(=O)=O.C=CC1CC1(CC(=O)OC(C)(C)C)C(=O)OCC. The van der Waals surface area contributed by atoms with Crippen molar-refractivity contribution in [1.82, 2.24) is 4.72 Å². The number of esters is 3. The number of nitrogens with one attached hydrogen (secondary N) is 1. The molecule has 0 saturated heterocycles. The first kappa shape index (κ1) is 33.3. The van der Waals surface area contributed by atoms with Crippen molar-refractivity contribution in [2.75, 3.05) is 12.9 Å². The van der Waals surface area contributed by atoms with Crippen molar-refractivity contribution < 1.29 is 41.8 Å². The molecule has 4 atom stereocenters. The van der Waals surface area contributed by atoms with Gasteiger partial charge in [0.15, 0.2) is 0 Å². The van der Waals surface area contributed by atoms with Gasteiger partial charge in [0.2, 0.25) is 15.9 Å². The van der Waals surface area contributed by atoms with E-state index in [1.807, 2.05) is 4.72 Å². The zero-order chi connectivity index (χ0) is 29.7. The lowest BCUT2D eigenvalue weighted by atomic mass is 9.98. The summed E-state index contributed by atoms with van der Waals surface area (Å²) in [6.45, 7) is 20.0. The maximum Gasteiger partial charge on any atom is 0.313 e. The Hall–Kier alpha value is -2.69. The van der Waals surface area contributed by atoms with Crippen LogP contribution in [0.15, 0.2) is 25.3 Å². The number of carbonyl (C=O) groups excluding carboxylic acids is 4. The standard InChI is InChI=1S/C14H22O4.C13H21NO5S/c1-6-10-8-14(10,12(16)17-7-2)9-11(15)18-13(3,4)5;1-6-9-7-13(9,11(16)14-20(5,17)18)8-10(15)19-12(2,3)4/h6,10H,1,7-9H2,2-5H3;6,9H,1,7-8H2,2-5H3,(H,14,16). The molecule has 11 heteroatoms. The second-order valence-electron chi connectivity index (χ2n) is 11.9. The molecule has 0 aromatic carbocycles. The van der Waals surface area contributed by atoms with Crippen molar-refractivity contribution in [3.63, 3.8) is 0 Å². The minimum absolute atomic E-state index is 0.0177. The Morgan fingerprint density at radius 3 is 1.58 bits per heavy atom. The molecule has 0 spiro atoms. The third-order valence-corrected chi connectivity index (χ3v) is 6.56. The van der Waals surface area contributed by atoms with Gasteiger partial charge < -0.3 is 14.2 Å². The number of hydrogen-bond donors (Lipinski definition) is 1. The van der Waals surface area contributed by atoms with Crippen LogP contribution in [0.25, 0.3) is 0 Å². The first-order chi connectivity index (χ1) is 17.1. The number of carbonyl (C=O) groups is 4. The number of sulfonamides is 1. The van der Waals surface area contributed by atoms with Crippen molar-refractivity contribution in [2.45, 2.75) is 85.4 Å². The van der Waals surface area contributed by atoms with Crippen molar-refractivity contribution in [2.24, 2.45) is 22.7 Å². The van der Waals surface area contributed by atoms with Crippen LogP contribution in [0.1, 0.15) is 74.1 Å². The van der Waals surface area contributed by atoms with Gasteiger partial charge in [-0.1, -0.05) is 12.2 Å². The predicted molar refractivity (Wildman–Crippen MR) is 142 cm³/mol. The Labute approximate surface area is 226 Å². The van der Waals surface area contributed by atoms with Gasteiger partial charge in [0.25, 0.3) is 0 Å². The summed E-state index contributed by atoms with van der Waals surface area (Å²) in [6.07, 6.45) is 5.11. The molecule has 10 nitrogen and oxygen atoms in total. The highest BCUT2D eigenvalue weighted by Crippen LogP contribution is 2.57. The van der Waals surface area contributed by atoms with Gasteiger partial charge in [-0.25, -0.2) is 8.42 Å². The fraction of sp³-hybridized carbons (Fsp3) is 0.704. The molecule has 0 bridgehead atoms. The summed E-state index contributed by atoms with van der Waals surface area (Å²) in [7, 11) is -3.66. The maximum atomic E-state index is 12.1. The molecule has 0 aromatic heterocycles. The van der Waals surface area contributed by atoms with Gasteiger partial charge in [-0.2, -0.15) is 0 Å². The van der Waals surface area contributed by atoms with E-state index in [1.54, 1.807) is 60.6 Å². The Balaban J connectivity index is 0.000000382. The monoisotopic (exact) mass is 557 g/mol. The third kappa shape index (κ3) is 9.89. The molecule has 2 saturated carbocycles. The van der Waals surface area contributed by atoms with E-state index in [0.29, 0.717) is 19.4 Å². The summed E-state index contributed by atoms with van der Waals surface area (Å²) in [4.78, 5) is 47.7. The molecular formula is C27H43NO9S. The molecule has 4 unspecified atom stereocenters. The van der Waals surface area contributed by atoms with Crippen molar-refractivity contribution >= 4 is 33.8 Å². The Kier molecular flexibility index (Phi) is 10.5. The van der Waals surface area contributed by atoms with Crippen LogP contribution in [0.5, 0.6) is 0 Å². The van der Waals surface area contributed by atoms with Crippen LogP contribution in [0, 0.1) is 22.7 Å². The van der Waals surface area contributed by atoms with E-state index in [1.165, 1.54) is 0 Å². The topological polar surface area (TPSA) is 142 Å². The second kappa shape index (κ2) is 12.0. The van der Waals surface area contributed by atoms with E-state index >= 15 is 0 Å². The highest BCUT2D eigenvalue weighted by molar-refractivity contribution is 7.89. The molecule has 2 rings (SSSR count). The maximum absolute atomic E-state index is 12.1. The van der Waals surface area contributed by atoms with Gasteiger partial charge in [-0.15, -0.1) is 13.2 Å². The molecule has 2 aliphatic carbocycles. The average molecular weight is 558 g/mol. The van der Waals surface area contributed by atoms with Gasteiger partial charge in [0, 0.05) is 0 Å². The molecular weight excluding hydrogens is 514 g/mol. The molecule has 0 aliphatic heterocycles. The van der Waals surface area contributed by atoms with Gasteiger partial charge >= 0.3 is 17.9 Å². The van der Waals surface area contributed by atoms with Crippen LogP contribution in [0.4, 0.5) is 0 Å². The summed E-state index contributed by atoms with van der Waals surface area (Å²) in [5.41, 5.74) is -2.97. The summed E-state index contributed by atoms with van der Waals surface area (Å²) in [5.74, 6) is -2.07. The minimum atomic E-state index is -3.66. The van der Waals surface area contributed by atoms with E-state index in [2.05, 4.69) is 13.2 Å². The highest BCUT2D eigenvalue weighted by Gasteiger charge is 2.61. The van der Waals surface area contributed by atoms with Crippen LogP contribution < -0.4 is 4.72 Å². The predicted octanol–water partition coefficient (Wildman–Crippen LogP) is 3.46. The first-order valence-corrected chi connectivity index (χ1v) is 14.4. The molecule has 216 valence electrons. The summed E-state index contributed by atoms with van der Waals surface area (Å²) < 4.78 is 39.7. The van der Waals surface area contributed by atoms with E-state index in [-0.39, 0.29) is 36.6 Å². The molecule has 0 aromatic rings. The number of ether oxygens (including phenoxy) is 3. The van der Waals surface area contributed by atoms with Crippen LogP contribution in [-0.4, -0.2) is 56.3 Å². The van der Waals surface area contributed by atoms with Crippen molar-refractivity contribution in [1.29, 1.82) is 0 Å². The Morgan fingerprint density at radius 2 is 1.26 bits per heavy atom. The zero-order valence-corrected chi connectivity index (χ0v) is 24.7. The van der Waals surface area contributed by atoms with Crippen LogP contribution in [0.2, 0.25) is 0 Å². The lowest BCUT2D eigenvalue weighted by Gasteiger charge is -2.22. The third-order valence-electron chi connectivity index (χ3n) is 6.01. The Bertz CT molecular complexity index is 1050. The van der Waals surface area contributed by atoms with Crippen LogP contribution in [-0.2, 0) is 43.4 Å². The molecule has 0 radical (unpaired) electrons. The quantitative estimate of drug-likeness (QED) is 0.243. The van der Waals surface area contributed by atoms with Gasteiger partial charge in [-0.3, -0.25) is 23.9 Å². The van der Waals surface area contributed by atoms with E-state index < -0.39 is 43.9 Å². The molecule has 2 aliphatic rings. The smallest absolute Gasteiger partial charge is 0.313 e. The summed E-state index contributed by atoms with van der Waals surface area (Å²) >= 11 is 0. The lowest BCUT2D eigenvalue weighted by Crippen LogP contribution is -2.39. The molecule has 0 heterocycles. The second-order valence-corrected chi connectivity index (χ2v) is 13.6. The van der Waals surface area contributed by atoms with Gasteiger partial charge in [-0.05, 0) is 73.1 Å². The molecule has 2 fully saturated rings. The average Bonchev–Trinajstić information content (AvgIpc) is 3.59. The van der Waals surface area contributed by atoms with Crippen LogP contribution in [0.3, 0.4) is 0 Å². The molecule has 1 amide bonds. The summed E-state index contributed by atoms with van der Waals surface area (Å²) in [5, 5.41) is 0. The molecule has 38 heavy (non-hydrogen) atoms. The van der Waals surface area contributed by atoms with E-state index in [0.717, 1.165) is 6.26 Å². The van der Waals surface area contributed by atoms with Crippen molar-refractivity contribution in [3.8, 4) is 0 Å². The zero-order valence-electron chi connectivity index (χ0n) is 23.8. The largest absolute Gasteiger partial charge is 0.466 e. The van der Waals surface area contributed by atoms with Gasteiger partial charge in [0.05, 0.1) is 36.5 Å². The minimum Gasteiger partial charge on any atom is -0.466 e.